The van der Waals surface area contributed by atoms with Gasteiger partial charge in [-0.3, -0.25) is 0 Å². The van der Waals surface area contributed by atoms with E-state index in [0.29, 0.717) is 18.1 Å². The van der Waals surface area contributed by atoms with Crippen molar-refractivity contribution in [2.45, 2.75) is 18.2 Å². The molecule has 0 heterocycles. The van der Waals surface area contributed by atoms with Crippen LogP contribution in [0.3, 0.4) is 0 Å². The van der Waals surface area contributed by atoms with Crippen LogP contribution in [0.1, 0.15) is 23.7 Å². The van der Waals surface area contributed by atoms with Crippen LogP contribution in [0.5, 0.6) is 0 Å². The number of hydrogen-bond donors (Lipinski definition) is 1. The highest BCUT2D eigenvalue weighted by molar-refractivity contribution is 7.89. The highest BCUT2D eigenvalue weighted by Crippen LogP contribution is 2.39. The van der Waals surface area contributed by atoms with Crippen molar-refractivity contribution in [3.05, 3.63) is 29.3 Å². The minimum atomic E-state index is -4.27. The molecule has 1 fully saturated rings. The topological polar surface area (TPSA) is 74.7 Å². The first-order chi connectivity index (χ1) is 9.64. The Balaban J connectivity index is 2.41. The molecule has 1 N–H and O–H groups in total. The maximum atomic E-state index is 13.8. The fourth-order valence-electron chi connectivity index (χ4n) is 2.12. The monoisotopic (exact) mass is 319 g/mol. The number of rotatable bonds is 5. The Hall–Kier alpha value is -1.54. The molecule has 0 radical (unpaired) electrons. The Morgan fingerprint density at radius 1 is 1.43 bits per heavy atom. The summed E-state index contributed by atoms with van der Waals surface area (Å²) in [6, 6.07) is 1.10. The van der Waals surface area contributed by atoms with Gasteiger partial charge in [-0.1, -0.05) is 6.92 Å². The molecule has 8 heteroatoms. The molecule has 116 valence electrons. The van der Waals surface area contributed by atoms with Gasteiger partial charge in [0.2, 0.25) is 10.0 Å². The second kappa shape index (κ2) is 5.34. The lowest BCUT2D eigenvalue weighted by atomic mass is 10.2. The number of nitrogens with zero attached hydrogens (tertiary/aromatic N) is 1. The lowest BCUT2D eigenvalue weighted by Crippen LogP contribution is -2.30. The molecule has 1 aliphatic rings. The first-order valence-corrected chi connectivity index (χ1v) is 7.77. The number of benzene rings is 1. The van der Waals surface area contributed by atoms with Crippen molar-refractivity contribution in [2.75, 3.05) is 13.6 Å². The highest BCUT2D eigenvalue weighted by Gasteiger charge is 2.37. The molecule has 2 atom stereocenters. The summed E-state index contributed by atoms with van der Waals surface area (Å²) >= 11 is 0. The van der Waals surface area contributed by atoms with Crippen LogP contribution in [0.2, 0.25) is 0 Å². The number of carbonyl (C=O) groups is 1. The molecule has 2 unspecified atom stereocenters. The first kappa shape index (κ1) is 15.8. The van der Waals surface area contributed by atoms with Crippen LogP contribution in [0.15, 0.2) is 17.0 Å². The van der Waals surface area contributed by atoms with Crippen molar-refractivity contribution in [2.24, 2.45) is 11.8 Å². The SMILES string of the molecule is CC1CC1CN(C)S(=O)(=O)c1cc(C(=O)O)cc(F)c1F. The minimum absolute atomic E-state index is 0.195. The third-order valence-electron chi connectivity index (χ3n) is 3.70. The van der Waals surface area contributed by atoms with E-state index in [9.17, 15) is 22.0 Å². The zero-order chi connectivity index (χ0) is 15.9. The van der Waals surface area contributed by atoms with Gasteiger partial charge in [0.15, 0.2) is 11.6 Å². The van der Waals surface area contributed by atoms with Gasteiger partial charge in [-0.15, -0.1) is 0 Å². The van der Waals surface area contributed by atoms with Crippen LogP contribution < -0.4 is 0 Å². The maximum Gasteiger partial charge on any atom is 0.335 e. The second-order valence-corrected chi connectivity index (χ2v) is 7.35. The van der Waals surface area contributed by atoms with Gasteiger partial charge in [-0.05, 0) is 30.4 Å². The lowest BCUT2D eigenvalue weighted by molar-refractivity contribution is 0.0696. The van der Waals surface area contributed by atoms with Crippen LogP contribution in [0.25, 0.3) is 0 Å². The Kier molecular flexibility index (Phi) is 4.03. The van der Waals surface area contributed by atoms with E-state index in [-0.39, 0.29) is 12.5 Å². The van der Waals surface area contributed by atoms with Crippen molar-refractivity contribution >= 4 is 16.0 Å². The summed E-state index contributed by atoms with van der Waals surface area (Å²) in [5.41, 5.74) is -0.610. The fourth-order valence-corrected chi connectivity index (χ4v) is 3.45. The van der Waals surface area contributed by atoms with Crippen molar-refractivity contribution in [3.8, 4) is 0 Å². The van der Waals surface area contributed by atoms with Gasteiger partial charge >= 0.3 is 5.97 Å². The molecule has 0 spiro atoms. The van der Waals surface area contributed by atoms with Crippen LogP contribution in [0.4, 0.5) is 8.78 Å². The zero-order valence-corrected chi connectivity index (χ0v) is 12.3. The quantitative estimate of drug-likeness (QED) is 0.900. The molecule has 1 aliphatic carbocycles. The predicted molar refractivity (Wildman–Crippen MR) is 70.4 cm³/mol. The molecule has 5 nitrogen and oxygen atoms in total. The predicted octanol–water partition coefficient (Wildman–Crippen LogP) is 1.94. The van der Waals surface area contributed by atoms with E-state index < -0.39 is 38.1 Å². The summed E-state index contributed by atoms with van der Waals surface area (Å²) in [5, 5.41) is 8.82. The maximum absolute atomic E-state index is 13.8. The van der Waals surface area contributed by atoms with E-state index >= 15 is 0 Å². The van der Waals surface area contributed by atoms with Gasteiger partial charge in [0.05, 0.1) is 5.56 Å². The average molecular weight is 319 g/mol. The Morgan fingerprint density at radius 2 is 2.00 bits per heavy atom. The Bertz CT molecular complexity index is 690. The summed E-state index contributed by atoms with van der Waals surface area (Å²) in [6.07, 6.45) is 0.881. The Labute approximate surface area is 121 Å². The first-order valence-electron chi connectivity index (χ1n) is 6.33. The van der Waals surface area contributed by atoms with Gasteiger partial charge in [-0.2, -0.15) is 0 Å². The van der Waals surface area contributed by atoms with Gasteiger partial charge in [0.1, 0.15) is 4.90 Å². The average Bonchev–Trinajstić information content (AvgIpc) is 3.07. The molecule has 1 saturated carbocycles. The van der Waals surface area contributed by atoms with Crippen LogP contribution in [-0.4, -0.2) is 37.4 Å². The van der Waals surface area contributed by atoms with Crippen molar-refractivity contribution < 1.29 is 27.1 Å². The van der Waals surface area contributed by atoms with Crippen LogP contribution >= 0.6 is 0 Å². The van der Waals surface area contributed by atoms with Crippen LogP contribution in [0, 0.1) is 23.5 Å². The number of aromatic carboxylic acids is 1. The van der Waals surface area contributed by atoms with Gasteiger partial charge in [-0.25, -0.2) is 26.3 Å². The van der Waals surface area contributed by atoms with Gasteiger partial charge in [0.25, 0.3) is 0 Å². The molecule has 0 bridgehead atoms. The summed E-state index contributed by atoms with van der Waals surface area (Å²) in [6.45, 7) is 2.16. The molecular weight excluding hydrogens is 304 g/mol. The van der Waals surface area contributed by atoms with Gasteiger partial charge < -0.3 is 5.11 Å². The van der Waals surface area contributed by atoms with E-state index in [0.717, 1.165) is 10.7 Å². The van der Waals surface area contributed by atoms with E-state index in [2.05, 4.69) is 0 Å². The number of halogens is 2. The molecule has 0 saturated heterocycles. The fraction of sp³-hybridized carbons (Fsp3) is 0.462. The van der Waals surface area contributed by atoms with E-state index in [1.807, 2.05) is 6.92 Å². The normalized spacial score (nSPS) is 21.6. The standard InChI is InChI=1S/C13H15F2NO4S/c1-7-3-9(7)6-16(2)21(19,20)11-5-8(13(17)18)4-10(14)12(11)15/h4-5,7,9H,3,6H2,1-2H3,(H,17,18). The second-order valence-electron chi connectivity index (χ2n) is 5.33. The third kappa shape index (κ3) is 3.06. The van der Waals surface area contributed by atoms with Crippen molar-refractivity contribution in [3.63, 3.8) is 0 Å². The number of carboxylic acids is 1. The molecular formula is C13H15F2NO4S. The summed E-state index contributed by atoms with van der Waals surface area (Å²) in [5.74, 6) is -3.99. The van der Waals surface area contributed by atoms with E-state index in [1.54, 1.807) is 0 Å². The van der Waals surface area contributed by atoms with Crippen molar-refractivity contribution in [1.29, 1.82) is 0 Å². The summed E-state index contributed by atoms with van der Waals surface area (Å²) < 4.78 is 52.7. The van der Waals surface area contributed by atoms with E-state index in [1.165, 1.54) is 7.05 Å². The molecule has 1 aromatic carbocycles. The molecule has 0 amide bonds. The molecule has 0 aromatic heterocycles. The highest BCUT2D eigenvalue weighted by atomic mass is 32.2. The summed E-state index contributed by atoms with van der Waals surface area (Å²) in [4.78, 5) is 9.90. The number of hydrogen-bond acceptors (Lipinski definition) is 3. The molecule has 1 aromatic rings. The minimum Gasteiger partial charge on any atom is -0.478 e. The molecule has 0 aliphatic heterocycles. The van der Waals surface area contributed by atoms with Gasteiger partial charge in [0, 0.05) is 13.6 Å². The Morgan fingerprint density at radius 3 is 2.48 bits per heavy atom. The number of carboxylic acid groups (broad SMARTS) is 1. The summed E-state index contributed by atoms with van der Waals surface area (Å²) in [7, 11) is -3.00. The number of sulfonamides is 1. The smallest absolute Gasteiger partial charge is 0.335 e. The third-order valence-corrected chi connectivity index (χ3v) is 5.52. The zero-order valence-electron chi connectivity index (χ0n) is 11.5. The molecule has 21 heavy (non-hydrogen) atoms. The molecule has 2 rings (SSSR count). The van der Waals surface area contributed by atoms with Crippen LogP contribution in [-0.2, 0) is 10.0 Å². The lowest BCUT2D eigenvalue weighted by Gasteiger charge is -2.18. The van der Waals surface area contributed by atoms with Crippen molar-refractivity contribution in [1.82, 2.24) is 4.31 Å². The largest absolute Gasteiger partial charge is 0.478 e. The van der Waals surface area contributed by atoms with E-state index in [4.69, 9.17) is 5.11 Å².